The lowest BCUT2D eigenvalue weighted by molar-refractivity contribution is 0.0614. The molecule has 0 aliphatic carbocycles. The van der Waals surface area contributed by atoms with Crippen LogP contribution in [0.1, 0.15) is 16.1 Å². The third-order valence-electron chi connectivity index (χ3n) is 4.28. The summed E-state index contributed by atoms with van der Waals surface area (Å²) < 4.78 is 0. The smallest absolute Gasteiger partial charge is 0.255 e. The van der Waals surface area contributed by atoms with Gasteiger partial charge in [0.1, 0.15) is 0 Å². The van der Waals surface area contributed by atoms with Crippen LogP contribution in [0.5, 0.6) is 0 Å². The highest BCUT2D eigenvalue weighted by Gasteiger charge is 2.23. The zero-order chi connectivity index (χ0) is 16.4. The predicted octanol–water partition coefficient (Wildman–Crippen LogP) is 1.95. The van der Waals surface area contributed by atoms with E-state index in [1.54, 1.807) is 0 Å². The van der Waals surface area contributed by atoms with Crippen molar-refractivity contribution in [1.29, 1.82) is 0 Å². The second-order valence-electron chi connectivity index (χ2n) is 5.82. The van der Waals surface area contributed by atoms with Gasteiger partial charge in [0.15, 0.2) is 0 Å². The van der Waals surface area contributed by atoms with Crippen molar-refractivity contribution in [2.45, 2.75) is 6.92 Å². The largest absolute Gasteiger partial charge is 0.395 e. The molecule has 0 radical (unpaired) electrons. The SMILES string of the molecule is Cc1nc2cc(Cl)ccc2cc1C(=O)N1CCN(CCO)CC1. The number of hydrogen-bond acceptors (Lipinski definition) is 4. The monoisotopic (exact) mass is 333 g/mol. The van der Waals surface area contributed by atoms with Crippen LogP contribution >= 0.6 is 11.6 Å². The second kappa shape index (κ2) is 6.83. The van der Waals surface area contributed by atoms with Crippen molar-refractivity contribution in [3.05, 3.63) is 40.5 Å². The van der Waals surface area contributed by atoms with Gasteiger partial charge >= 0.3 is 0 Å². The molecule has 1 N–H and O–H groups in total. The lowest BCUT2D eigenvalue weighted by Crippen LogP contribution is -2.49. The number of piperazine rings is 1. The average molecular weight is 334 g/mol. The molecule has 1 saturated heterocycles. The summed E-state index contributed by atoms with van der Waals surface area (Å²) in [6.07, 6.45) is 0. The Labute approximate surface area is 140 Å². The van der Waals surface area contributed by atoms with E-state index >= 15 is 0 Å². The molecule has 1 aliphatic rings. The van der Waals surface area contributed by atoms with Gasteiger partial charge < -0.3 is 10.0 Å². The van der Waals surface area contributed by atoms with Gasteiger partial charge in [0.05, 0.1) is 23.4 Å². The first-order valence-corrected chi connectivity index (χ1v) is 8.15. The molecule has 1 aromatic carbocycles. The summed E-state index contributed by atoms with van der Waals surface area (Å²) in [6.45, 7) is 5.62. The number of aliphatic hydroxyl groups excluding tert-OH is 1. The van der Waals surface area contributed by atoms with Crippen molar-refractivity contribution in [3.8, 4) is 0 Å². The van der Waals surface area contributed by atoms with Gasteiger partial charge in [-0.1, -0.05) is 17.7 Å². The van der Waals surface area contributed by atoms with Gasteiger partial charge in [0, 0.05) is 43.1 Å². The summed E-state index contributed by atoms with van der Waals surface area (Å²) in [5, 5.41) is 10.5. The van der Waals surface area contributed by atoms with E-state index in [0.717, 1.165) is 29.7 Å². The molecule has 1 aliphatic heterocycles. The van der Waals surface area contributed by atoms with Crippen molar-refractivity contribution >= 4 is 28.4 Å². The van der Waals surface area contributed by atoms with Gasteiger partial charge in [-0.25, -0.2) is 0 Å². The number of aliphatic hydroxyl groups is 1. The first kappa shape index (κ1) is 16.2. The maximum absolute atomic E-state index is 12.8. The highest BCUT2D eigenvalue weighted by atomic mass is 35.5. The fourth-order valence-electron chi connectivity index (χ4n) is 2.94. The maximum Gasteiger partial charge on any atom is 0.255 e. The number of rotatable bonds is 3. The lowest BCUT2D eigenvalue weighted by atomic mass is 10.1. The number of benzene rings is 1. The minimum Gasteiger partial charge on any atom is -0.395 e. The molecule has 23 heavy (non-hydrogen) atoms. The molecule has 2 heterocycles. The van der Waals surface area contributed by atoms with E-state index in [2.05, 4.69) is 9.88 Å². The topological polar surface area (TPSA) is 56.7 Å². The Morgan fingerprint density at radius 1 is 1.26 bits per heavy atom. The molecule has 6 heteroatoms. The van der Waals surface area contributed by atoms with Crippen molar-refractivity contribution in [3.63, 3.8) is 0 Å². The predicted molar refractivity (Wildman–Crippen MR) is 90.9 cm³/mol. The molecule has 2 aromatic rings. The van der Waals surface area contributed by atoms with Crippen LogP contribution in [0.3, 0.4) is 0 Å². The summed E-state index contributed by atoms with van der Waals surface area (Å²) in [5.41, 5.74) is 2.18. The number of hydrogen-bond donors (Lipinski definition) is 1. The van der Waals surface area contributed by atoms with Gasteiger partial charge in [-0.2, -0.15) is 0 Å². The van der Waals surface area contributed by atoms with Gasteiger partial charge in [-0.05, 0) is 25.1 Å². The number of fused-ring (bicyclic) bond motifs is 1. The highest BCUT2D eigenvalue weighted by Crippen LogP contribution is 2.21. The van der Waals surface area contributed by atoms with Gasteiger partial charge in [-0.15, -0.1) is 0 Å². The van der Waals surface area contributed by atoms with Crippen LogP contribution in [0, 0.1) is 6.92 Å². The van der Waals surface area contributed by atoms with Crippen LogP contribution < -0.4 is 0 Å². The Hall–Kier alpha value is -1.69. The number of aryl methyl sites for hydroxylation is 1. The molecular weight excluding hydrogens is 314 g/mol. The number of carbonyl (C=O) groups excluding carboxylic acids is 1. The molecule has 0 bridgehead atoms. The van der Waals surface area contributed by atoms with E-state index in [9.17, 15) is 4.79 Å². The fourth-order valence-corrected chi connectivity index (χ4v) is 3.11. The highest BCUT2D eigenvalue weighted by molar-refractivity contribution is 6.31. The zero-order valence-corrected chi connectivity index (χ0v) is 13.9. The van der Waals surface area contributed by atoms with Crippen LogP contribution in [0.25, 0.3) is 10.9 Å². The molecule has 5 nitrogen and oxygen atoms in total. The number of carbonyl (C=O) groups is 1. The van der Waals surface area contributed by atoms with Gasteiger partial charge in [0.2, 0.25) is 0 Å². The Morgan fingerprint density at radius 3 is 2.70 bits per heavy atom. The third-order valence-corrected chi connectivity index (χ3v) is 4.51. The molecule has 0 unspecified atom stereocenters. The Bertz CT molecular complexity index is 727. The first-order chi connectivity index (χ1) is 11.1. The summed E-state index contributed by atoms with van der Waals surface area (Å²) in [6, 6.07) is 7.41. The van der Waals surface area contributed by atoms with E-state index in [1.165, 1.54) is 0 Å². The molecular formula is C17H20ClN3O2. The zero-order valence-electron chi connectivity index (χ0n) is 13.1. The van der Waals surface area contributed by atoms with E-state index < -0.39 is 0 Å². The van der Waals surface area contributed by atoms with Crippen LogP contribution in [-0.4, -0.2) is 65.1 Å². The standard InChI is InChI=1S/C17H20ClN3O2/c1-12-15(10-13-2-3-14(18)11-16(13)19-12)17(23)21-6-4-20(5-7-21)8-9-22/h2-3,10-11,22H,4-9H2,1H3. The molecule has 1 aromatic heterocycles. The number of nitrogens with zero attached hydrogens (tertiary/aromatic N) is 3. The number of pyridine rings is 1. The van der Waals surface area contributed by atoms with Crippen LogP contribution in [0.2, 0.25) is 5.02 Å². The molecule has 122 valence electrons. The van der Waals surface area contributed by atoms with Crippen molar-refractivity contribution in [1.82, 2.24) is 14.8 Å². The summed E-state index contributed by atoms with van der Waals surface area (Å²) >= 11 is 6.00. The minimum atomic E-state index is 0.0236. The van der Waals surface area contributed by atoms with E-state index in [1.807, 2.05) is 36.1 Å². The number of halogens is 1. The number of aromatic nitrogens is 1. The Kier molecular flexibility index (Phi) is 4.80. The second-order valence-corrected chi connectivity index (χ2v) is 6.25. The van der Waals surface area contributed by atoms with Crippen LogP contribution in [0.4, 0.5) is 0 Å². The summed E-state index contributed by atoms with van der Waals surface area (Å²) in [7, 11) is 0. The normalized spacial score (nSPS) is 16.0. The quantitative estimate of drug-likeness (QED) is 0.932. The molecule has 1 fully saturated rings. The molecule has 3 rings (SSSR count). The first-order valence-electron chi connectivity index (χ1n) is 7.78. The van der Waals surface area contributed by atoms with E-state index in [-0.39, 0.29) is 12.5 Å². The molecule has 1 amide bonds. The maximum atomic E-state index is 12.8. The molecule has 0 atom stereocenters. The summed E-state index contributed by atoms with van der Waals surface area (Å²) in [4.78, 5) is 21.3. The van der Waals surface area contributed by atoms with E-state index in [0.29, 0.717) is 30.2 Å². The number of β-amino-alcohol motifs (C(OH)–C–C–N with tert-alkyl or cyclic N) is 1. The molecule has 0 spiro atoms. The van der Waals surface area contributed by atoms with Gasteiger partial charge in [0.25, 0.3) is 5.91 Å². The van der Waals surface area contributed by atoms with Crippen molar-refractivity contribution < 1.29 is 9.90 Å². The van der Waals surface area contributed by atoms with Crippen molar-refractivity contribution in [2.75, 3.05) is 39.3 Å². The minimum absolute atomic E-state index is 0.0236. The lowest BCUT2D eigenvalue weighted by Gasteiger charge is -2.34. The Balaban J connectivity index is 1.81. The third kappa shape index (κ3) is 3.47. The van der Waals surface area contributed by atoms with Crippen molar-refractivity contribution in [2.24, 2.45) is 0 Å². The molecule has 0 saturated carbocycles. The van der Waals surface area contributed by atoms with Crippen LogP contribution in [-0.2, 0) is 0 Å². The van der Waals surface area contributed by atoms with Crippen LogP contribution in [0.15, 0.2) is 24.3 Å². The average Bonchev–Trinajstić information content (AvgIpc) is 2.54. The van der Waals surface area contributed by atoms with E-state index in [4.69, 9.17) is 16.7 Å². The number of amides is 1. The summed E-state index contributed by atoms with van der Waals surface area (Å²) in [5.74, 6) is 0.0236. The Morgan fingerprint density at radius 2 is 2.00 bits per heavy atom. The van der Waals surface area contributed by atoms with Gasteiger partial charge in [-0.3, -0.25) is 14.7 Å². The fraction of sp³-hybridized carbons (Fsp3) is 0.412.